The molecular formula is C28H35FN4O5. The molecule has 0 unspecified atom stereocenters. The molecule has 1 aliphatic rings. The highest BCUT2D eigenvalue weighted by Gasteiger charge is 2.15. The summed E-state index contributed by atoms with van der Waals surface area (Å²) < 4.78 is 37.7. The van der Waals surface area contributed by atoms with Crippen LogP contribution in [-0.2, 0) is 4.74 Å². The molecule has 38 heavy (non-hydrogen) atoms. The molecule has 0 saturated carbocycles. The zero-order valence-electron chi connectivity index (χ0n) is 22.1. The number of aromatic nitrogens is 1. The first-order chi connectivity index (χ1) is 18.4. The number of methoxy groups -OCH3 is 1. The van der Waals surface area contributed by atoms with Crippen molar-refractivity contribution < 1.29 is 28.1 Å². The van der Waals surface area contributed by atoms with E-state index in [9.17, 15) is 9.18 Å². The van der Waals surface area contributed by atoms with Gasteiger partial charge in [0, 0.05) is 49.9 Å². The number of pyridine rings is 1. The van der Waals surface area contributed by atoms with Gasteiger partial charge in [-0.25, -0.2) is 9.18 Å². The number of anilines is 1. The number of benzene rings is 2. The van der Waals surface area contributed by atoms with Gasteiger partial charge in [-0.3, -0.25) is 9.88 Å². The lowest BCUT2D eigenvalue weighted by Crippen LogP contribution is -2.38. The average molecular weight is 527 g/mol. The zero-order valence-corrected chi connectivity index (χ0v) is 22.1. The van der Waals surface area contributed by atoms with Crippen LogP contribution in [0.4, 0.5) is 14.9 Å². The molecule has 2 aromatic carbocycles. The predicted molar refractivity (Wildman–Crippen MR) is 144 cm³/mol. The molecule has 0 aliphatic carbocycles. The van der Waals surface area contributed by atoms with Crippen LogP contribution in [0, 0.1) is 11.7 Å². The van der Waals surface area contributed by atoms with E-state index in [1.165, 1.54) is 12.1 Å². The first-order valence-corrected chi connectivity index (χ1v) is 12.8. The number of hydrogen-bond acceptors (Lipinski definition) is 7. The molecule has 4 rings (SSSR count). The fraction of sp³-hybridized carbons (Fsp3) is 0.429. The van der Waals surface area contributed by atoms with Crippen molar-refractivity contribution in [3.63, 3.8) is 0 Å². The van der Waals surface area contributed by atoms with Crippen LogP contribution in [0.5, 0.6) is 23.0 Å². The summed E-state index contributed by atoms with van der Waals surface area (Å²) in [5.74, 6) is 1.77. The zero-order chi connectivity index (χ0) is 26.9. The first kappa shape index (κ1) is 27.4. The average Bonchev–Trinajstić information content (AvgIpc) is 2.90. The number of fused-ring (bicyclic) bond motifs is 1. The van der Waals surface area contributed by atoms with Crippen molar-refractivity contribution in [1.29, 1.82) is 0 Å². The Bertz CT molecular complexity index is 1230. The number of amides is 2. The van der Waals surface area contributed by atoms with Crippen LogP contribution in [0.25, 0.3) is 10.9 Å². The van der Waals surface area contributed by atoms with Gasteiger partial charge < -0.3 is 29.6 Å². The lowest BCUT2D eigenvalue weighted by molar-refractivity contribution is 0.0321. The number of nitrogens with zero attached hydrogens (tertiary/aromatic N) is 2. The molecule has 10 heteroatoms. The van der Waals surface area contributed by atoms with Gasteiger partial charge in [-0.1, -0.05) is 13.8 Å². The molecule has 2 heterocycles. The van der Waals surface area contributed by atoms with Gasteiger partial charge in [0.1, 0.15) is 23.9 Å². The molecule has 3 aromatic rings. The molecule has 1 fully saturated rings. The highest BCUT2D eigenvalue weighted by atomic mass is 19.1. The number of nitrogens with one attached hydrogen (secondary N) is 2. The van der Waals surface area contributed by atoms with E-state index >= 15 is 0 Å². The third-order valence-electron chi connectivity index (χ3n) is 6.18. The largest absolute Gasteiger partial charge is 0.493 e. The van der Waals surface area contributed by atoms with Crippen molar-refractivity contribution in [3.05, 3.63) is 48.4 Å². The van der Waals surface area contributed by atoms with Crippen LogP contribution in [0.2, 0.25) is 0 Å². The Morgan fingerprint density at radius 2 is 1.95 bits per heavy atom. The van der Waals surface area contributed by atoms with Crippen molar-refractivity contribution >= 4 is 22.6 Å². The van der Waals surface area contributed by atoms with Crippen molar-refractivity contribution in [2.75, 3.05) is 58.4 Å². The van der Waals surface area contributed by atoms with Gasteiger partial charge in [0.25, 0.3) is 0 Å². The van der Waals surface area contributed by atoms with Gasteiger partial charge in [-0.15, -0.1) is 0 Å². The second kappa shape index (κ2) is 13.3. The standard InChI is InChI=1S/C28H35FN4O5/c1-19(2)6-8-31-28(34)32-23-5-4-20(16-22(23)29)38-25-7-9-30-24-18-27(26(35-3)17-21(24)25)37-15-12-33-10-13-36-14-11-33/h4-5,7,9,16-19H,6,8,10-15H2,1-3H3,(H2,31,32,34). The second-order valence-corrected chi connectivity index (χ2v) is 9.44. The summed E-state index contributed by atoms with van der Waals surface area (Å²) in [6, 6.07) is 9.16. The van der Waals surface area contributed by atoms with E-state index in [4.69, 9.17) is 18.9 Å². The summed E-state index contributed by atoms with van der Waals surface area (Å²) in [7, 11) is 1.58. The minimum absolute atomic E-state index is 0.0690. The fourth-order valence-corrected chi connectivity index (χ4v) is 4.03. The number of urea groups is 1. The lowest BCUT2D eigenvalue weighted by atomic mass is 10.1. The van der Waals surface area contributed by atoms with Crippen molar-refractivity contribution in [2.45, 2.75) is 20.3 Å². The maximum atomic E-state index is 14.7. The molecular weight excluding hydrogens is 491 g/mol. The number of rotatable bonds is 11. The molecule has 1 aliphatic heterocycles. The Labute approximate surface area is 222 Å². The molecule has 0 radical (unpaired) electrons. The third kappa shape index (κ3) is 7.45. The molecule has 2 N–H and O–H groups in total. The summed E-state index contributed by atoms with van der Waals surface area (Å²) in [6.07, 6.45) is 2.46. The van der Waals surface area contributed by atoms with Crippen LogP contribution >= 0.6 is 0 Å². The summed E-state index contributed by atoms with van der Waals surface area (Å²) >= 11 is 0. The first-order valence-electron chi connectivity index (χ1n) is 12.8. The van der Waals surface area contributed by atoms with E-state index < -0.39 is 11.8 Å². The molecule has 204 valence electrons. The third-order valence-corrected chi connectivity index (χ3v) is 6.18. The van der Waals surface area contributed by atoms with Gasteiger partial charge in [-0.05, 0) is 36.6 Å². The van der Waals surface area contributed by atoms with Gasteiger partial charge in [0.2, 0.25) is 0 Å². The molecule has 0 atom stereocenters. The monoisotopic (exact) mass is 526 g/mol. The topological polar surface area (TPSA) is 94.2 Å². The van der Waals surface area contributed by atoms with Gasteiger partial charge in [0.15, 0.2) is 11.5 Å². The van der Waals surface area contributed by atoms with Gasteiger partial charge in [-0.2, -0.15) is 0 Å². The van der Waals surface area contributed by atoms with E-state index in [0.29, 0.717) is 47.2 Å². The number of halogens is 1. The lowest BCUT2D eigenvalue weighted by Gasteiger charge is -2.26. The number of carbonyl (C=O) groups excluding carboxylic acids is 1. The van der Waals surface area contributed by atoms with Crippen LogP contribution in [0.3, 0.4) is 0 Å². The fourth-order valence-electron chi connectivity index (χ4n) is 4.03. The Hall–Kier alpha value is -3.63. The van der Waals surface area contributed by atoms with Crippen LogP contribution in [-0.4, -0.2) is 69.0 Å². The molecule has 0 bridgehead atoms. The number of carbonyl (C=O) groups is 1. The maximum Gasteiger partial charge on any atom is 0.319 e. The van der Waals surface area contributed by atoms with E-state index in [1.807, 2.05) is 6.07 Å². The second-order valence-electron chi connectivity index (χ2n) is 9.44. The summed E-state index contributed by atoms with van der Waals surface area (Å²) in [5.41, 5.74) is 0.723. The summed E-state index contributed by atoms with van der Waals surface area (Å²) in [5, 5.41) is 5.95. The highest BCUT2D eigenvalue weighted by molar-refractivity contribution is 5.90. The summed E-state index contributed by atoms with van der Waals surface area (Å²) in [6.45, 7) is 9.22. The SMILES string of the molecule is COc1cc2c(Oc3ccc(NC(=O)NCCC(C)C)c(F)c3)ccnc2cc1OCCN1CCOCC1. The smallest absolute Gasteiger partial charge is 0.319 e. The number of morpholine rings is 1. The molecule has 9 nitrogen and oxygen atoms in total. The van der Waals surface area contributed by atoms with Crippen LogP contribution < -0.4 is 24.8 Å². The maximum absolute atomic E-state index is 14.7. The van der Waals surface area contributed by atoms with E-state index in [-0.39, 0.29) is 11.4 Å². The van der Waals surface area contributed by atoms with E-state index in [0.717, 1.165) is 39.3 Å². The van der Waals surface area contributed by atoms with Crippen LogP contribution in [0.15, 0.2) is 42.6 Å². The highest BCUT2D eigenvalue weighted by Crippen LogP contribution is 2.37. The Morgan fingerprint density at radius 1 is 1.13 bits per heavy atom. The van der Waals surface area contributed by atoms with Crippen LogP contribution in [0.1, 0.15) is 20.3 Å². The van der Waals surface area contributed by atoms with Gasteiger partial charge >= 0.3 is 6.03 Å². The predicted octanol–water partition coefficient (Wildman–Crippen LogP) is 5.05. The Morgan fingerprint density at radius 3 is 2.68 bits per heavy atom. The Kier molecular flexibility index (Phi) is 9.56. The summed E-state index contributed by atoms with van der Waals surface area (Å²) in [4.78, 5) is 18.8. The van der Waals surface area contributed by atoms with E-state index in [1.54, 1.807) is 31.5 Å². The molecule has 2 amide bonds. The minimum atomic E-state index is -0.603. The normalized spacial score (nSPS) is 13.9. The molecule has 1 saturated heterocycles. The number of ether oxygens (including phenoxy) is 4. The van der Waals surface area contributed by atoms with Crippen molar-refractivity contribution in [2.24, 2.45) is 5.92 Å². The van der Waals surface area contributed by atoms with Crippen molar-refractivity contribution in [1.82, 2.24) is 15.2 Å². The van der Waals surface area contributed by atoms with E-state index in [2.05, 4.69) is 34.4 Å². The van der Waals surface area contributed by atoms with Gasteiger partial charge in [0.05, 0.1) is 31.5 Å². The molecule has 1 aromatic heterocycles. The quantitative estimate of drug-likeness (QED) is 0.361. The number of hydrogen-bond donors (Lipinski definition) is 2. The van der Waals surface area contributed by atoms with Crippen molar-refractivity contribution in [3.8, 4) is 23.0 Å². The molecule has 0 spiro atoms. The minimum Gasteiger partial charge on any atom is -0.493 e. The Balaban J connectivity index is 1.43.